The van der Waals surface area contributed by atoms with E-state index in [1.165, 1.54) is 0 Å². The minimum absolute atomic E-state index is 0.201. The van der Waals surface area contributed by atoms with Gasteiger partial charge in [0.2, 0.25) is 0 Å². The summed E-state index contributed by atoms with van der Waals surface area (Å²) in [5, 5.41) is 0. The molecule has 1 saturated heterocycles. The summed E-state index contributed by atoms with van der Waals surface area (Å²) >= 11 is 0. The number of Topliss-reactive ketones (excluding diaryl/α,β-unsaturated/α-hetero) is 1. The highest BCUT2D eigenvalue weighted by Crippen LogP contribution is 2.11. The first kappa shape index (κ1) is 12.4. The van der Waals surface area contributed by atoms with Crippen molar-refractivity contribution >= 4 is 5.78 Å². The molecular weight excluding hydrogens is 190 g/mol. The fourth-order valence-electron chi connectivity index (χ4n) is 1.76. The van der Waals surface area contributed by atoms with E-state index in [2.05, 4.69) is 11.5 Å². The second-order valence-electron chi connectivity index (χ2n) is 4.11. The molecule has 1 rings (SSSR count). The summed E-state index contributed by atoms with van der Waals surface area (Å²) in [5.41, 5.74) is 0. The predicted molar refractivity (Wildman–Crippen MR) is 60.9 cm³/mol. The Morgan fingerprint density at radius 1 is 1.60 bits per heavy atom. The third-order valence-electron chi connectivity index (χ3n) is 2.77. The maximum atomic E-state index is 11.3. The molecule has 0 aromatic heterocycles. The Bertz CT molecular complexity index is 216. The molecule has 1 atom stereocenters. The van der Waals surface area contributed by atoms with Crippen LogP contribution in [0.15, 0.2) is 12.7 Å². The normalized spacial score (nSPS) is 23.0. The van der Waals surface area contributed by atoms with Gasteiger partial charge in [0.1, 0.15) is 5.78 Å². The van der Waals surface area contributed by atoms with Gasteiger partial charge in [-0.2, -0.15) is 0 Å². The van der Waals surface area contributed by atoms with E-state index in [1.54, 1.807) is 0 Å². The summed E-state index contributed by atoms with van der Waals surface area (Å²) in [6, 6.07) is 0. The minimum atomic E-state index is 0.201. The molecule has 3 heteroatoms. The number of piperidine rings is 1. The highest BCUT2D eigenvalue weighted by molar-refractivity contribution is 5.81. The lowest BCUT2D eigenvalue weighted by atomic mass is 9.99. The molecule has 0 aromatic carbocycles. The van der Waals surface area contributed by atoms with Crippen LogP contribution >= 0.6 is 0 Å². The molecule has 1 aliphatic heterocycles. The van der Waals surface area contributed by atoms with E-state index in [-0.39, 0.29) is 5.92 Å². The molecule has 0 amide bonds. The smallest absolute Gasteiger partial charge is 0.138 e. The minimum Gasteiger partial charge on any atom is -0.380 e. The fraction of sp³-hybridized carbons (Fsp3) is 0.750. The van der Waals surface area contributed by atoms with Crippen molar-refractivity contribution in [1.82, 2.24) is 4.90 Å². The van der Waals surface area contributed by atoms with Gasteiger partial charge >= 0.3 is 0 Å². The van der Waals surface area contributed by atoms with Gasteiger partial charge in [-0.05, 0) is 6.42 Å². The van der Waals surface area contributed by atoms with Crippen molar-refractivity contribution in [3.05, 3.63) is 12.7 Å². The molecule has 1 aliphatic rings. The zero-order valence-corrected chi connectivity index (χ0v) is 9.58. The van der Waals surface area contributed by atoms with Crippen molar-refractivity contribution in [2.45, 2.75) is 19.8 Å². The van der Waals surface area contributed by atoms with Gasteiger partial charge in [-0.1, -0.05) is 13.0 Å². The Balaban J connectivity index is 2.06. The van der Waals surface area contributed by atoms with Crippen LogP contribution in [0.4, 0.5) is 0 Å². The van der Waals surface area contributed by atoms with Gasteiger partial charge in [0.05, 0.1) is 13.2 Å². The molecule has 1 fully saturated rings. The first-order chi connectivity index (χ1) is 7.24. The van der Waals surface area contributed by atoms with Crippen molar-refractivity contribution in [2.75, 3.05) is 32.8 Å². The molecule has 0 saturated carbocycles. The molecule has 0 aromatic rings. The molecule has 0 aliphatic carbocycles. The van der Waals surface area contributed by atoms with Crippen LogP contribution in [0.3, 0.4) is 0 Å². The van der Waals surface area contributed by atoms with Crippen molar-refractivity contribution < 1.29 is 9.53 Å². The van der Waals surface area contributed by atoms with Gasteiger partial charge in [0.25, 0.3) is 0 Å². The molecule has 0 N–H and O–H groups in total. The zero-order valence-electron chi connectivity index (χ0n) is 9.58. The Kier molecular flexibility index (Phi) is 5.58. The van der Waals surface area contributed by atoms with E-state index in [0.717, 1.165) is 39.3 Å². The number of ketones is 1. The van der Waals surface area contributed by atoms with Crippen LogP contribution in [0, 0.1) is 5.92 Å². The van der Waals surface area contributed by atoms with Gasteiger partial charge in [0, 0.05) is 32.0 Å². The molecule has 0 spiro atoms. The summed E-state index contributed by atoms with van der Waals surface area (Å²) in [6.45, 7) is 9.89. The standard InChI is InChI=1S/C12H21NO2/c1-3-4-8-15-9-7-13-6-5-12(14)11(2)10-13/h3,11H,1,4-10H2,2H3. The van der Waals surface area contributed by atoms with E-state index in [1.807, 2.05) is 13.0 Å². The topological polar surface area (TPSA) is 29.5 Å². The number of hydrogen-bond donors (Lipinski definition) is 0. The average Bonchev–Trinajstić information content (AvgIpc) is 2.23. The van der Waals surface area contributed by atoms with Crippen LogP contribution in [-0.2, 0) is 9.53 Å². The molecule has 0 radical (unpaired) electrons. The van der Waals surface area contributed by atoms with Crippen molar-refractivity contribution in [2.24, 2.45) is 5.92 Å². The largest absolute Gasteiger partial charge is 0.380 e. The van der Waals surface area contributed by atoms with E-state index < -0.39 is 0 Å². The maximum absolute atomic E-state index is 11.3. The second-order valence-corrected chi connectivity index (χ2v) is 4.11. The van der Waals surface area contributed by atoms with Gasteiger partial charge in [-0.15, -0.1) is 6.58 Å². The van der Waals surface area contributed by atoms with E-state index in [0.29, 0.717) is 12.2 Å². The summed E-state index contributed by atoms with van der Waals surface area (Å²) in [7, 11) is 0. The molecular formula is C12H21NO2. The van der Waals surface area contributed by atoms with E-state index >= 15 is 0 Å². The summed E-state index contributed by atoms with van der Waals surface area (Å²) < 4.78 is 5.44. The van der Waals surface area contributed by atoms with Crippen molar-refractivity contribution in [3.8, 4) is 0 Å². The third-order valence-corrected chi connectivity index (χ3v) is 2.77. The second kappa shape index (κ2) is 6.75. The van der Waals surface area contributed by atoms with Crippen LogP contribution in [0.1, 0.15) is 19.8 Å². The van der Waals surface area contributed by atoms with Crippen LogP contribution in [0.5, 0.6) is 0 Å². The number of likely N-dealkylation sites (tertiary alicyclic amines) is 1. The number of rotatable bonds is 6. The Hall–Kier alpha value is -0.670. The Morgan fingerprint density at radius 3 is 3.07 bits per heavy atom. The first-order valence-corrected chi connectivity index (χ1v) is 5.67. The molecule has 0 bridgehead atoms. The SMILES string of the molecule is C=CCCOCCN1CCC(=O)C(C)C1. The lowest BCUT2D eigenvalue weighted by molar-refractivity contribution is -0.125. The maximum Gasteiger partial charge on any atom is 0.138 e. The van der Waals surface area contributed by atoms with E-state index in [9.17, 15) is 4.79 Å². The predicted octanol–water partition coefficient (Wildman–Crippen LogP) is 1.49. The van der Waals surface area contributed by atoms with Gasteiger partial charge in [0.15, 0.2) is 0 Å². The Labute approximate surface area is 92.1 Å². The number of carbonyl (C=O) groups is 1. The summed E-state index contributed by atoms with van der Waals surface area (Å²) in [4.78, 5) is 13.6. The van der Waals surface area contributed by atoms with Crippen LogP contribution in [-0.4, -0.2) is 43.5 Å². The van der Waals surface area contributed by atoms with Gasteiger partial charge in [-0.3, -0.25) is 9.69 Å². The van der Waals surface area contributed by atoms with Crippen molar-refractivity contribution in [3.63, 3.8) is 0 Å². The summed E-state index contributed by atoms with van der Waals surface area (Å²) in [6.07, 6.45) is 3.48. The van der Waals surface area contributed by atoms with Crippen LogP contribution < -0.4 is 0 Å². The lowest BCUT2D eigenvalue weighted by Crippen LogP contribution is -2.41. The molecule has 86 valence electrons. The monoisotopic (exact) mass is 211 g/mol. The Morgan fingerprint density at radius 2 is 2.40 bits per heavy atom. The number of carbonyl (C=O) groups excluding carboxylic acids is 1. The van der Waals surface area contributed by atoms with Gasteiger partial charge < -0.3 is 4.74 Å². The fourth-order valence-corrected chi connectivity index (χ4v) is 1.76. The molecule has 15 heavy (non-hydrogen) atoms. The highest BCUT2D eigenvalue weighted by Gasteiger charge is 2.22. The summed E-state index contributed by atoms with van der Waals surface area (Å²) in [5.74, 6) is 0.603. The number of nitrogens with zero attached hydrogens (tertiary/aromatic N) is 1. The van der Waals surface area contributed by atoms with Crippen LogP contribution in [0.25, 0.3) is 0 Å². The first-order valence-electron chi connectivity index (χ1n) is 5.67. The molecule has 1 unspecified atom stereocenters. The lowest BCUT2D eigenvalue weighted by Gasteiger charge is -2.29. The number of hydrogen-bond acceptors (Lipinski definition) is 3. The van der Waals surface area contributed by atoms with E-state index in [4.69, 9.17) is 4.74 Å². The van der Waals surface area contributed by atoms with Gasteiger partial charge in [-0.25, -0.2) is 0 Å². The zero-order chi connectivity index (χ0) is 11.1. The quantitative estimate of drug-likeness (QED) is 0.492. The molecule has 3 nitrogen and oxygen atoms in total. The number of ether oxygens (including phenoxy) is 1. The average molecular weight is 211 g/mol. The highest BCUT2D eigenvalue weighted by atomic mass is 16.5. The molecule has 1 heterocycles. The van der Waals surface area contributed by atoms with Crippen LogP contribution in [0.2, 0.25) is 0 Å². The van der Waals surface area contributed by atoms with Crippen molar-refractivity contribution in [1.29, 1.82) is 0 Å². The third kappa shape index (κ3) is 4.58.